The number of rotatable bonds is 7. The Kier molecular flexibility index (Phi) is 7.26. The van der Waals surface area contributed by atoms with Gasteiger partial charge in [-0.15, -0.1) is 11.3 Å². The molecule has 1 aromatic heterocycles. The summed E-state index contributed by atoms with van der Waals surface area (Å²) in [6, 6.07) is 2.14. The minimum Gasteiger partial charge on any atom is -0.387 e. The van der Waals surface area contributed by atoms with E-state index in [1.54, 1.807) is 11.3 Å². The lowest BCUT2D eigenvalue weighted by Gasteiger charge is -2.31. The van der Waals surface area contributed by atoms with E-state index in [2.05, 4.69) is 41.8 Å². The van der Waals surface area contributed by atoms with Crippen LogP contribution in [0.25, 0.3) is 6.08 Å². The van der Waals surface area contributed by atoms with Crippen molar-refractivity contribution in [2.24, 2.45) is 10.7 Å². The van der Waals surface area contributed by atoms with Crippen molar-refractivity contribution in [1.82, 2.24) is 14.7 Å². The molecule has 0 aliphatic carbocycles. The highest BCUT2D eigenvalue weighted by Crippen LogP contribution is 2.35. The Hall–Kier alpha value is -1.70. The molecule has 1 fully saturated rings. The second kappa shape index (κ2) is 9.67. The summed E-state index contributed by atoms with van der Waals surface area (Å²) >= 11 is 1.74. The summed E-state index contributed by atoms with van der Waals surface area (Å²) in [5.74, 6) is 0.624. The Morgan fingerprint density at radius 1 is 1.21 bits per heavy atom. The van der Waals surface area contributed by atoms with Gasteiger partial charge in [0.15, 0.2) is 0 Å². The molecule has 0 saturated carbocycles. The number of nitrogens with two attached hydrogens (primary N) is 1. The quantitative estimate of drug-likeness (QED) is 0.760. The van der Waals surface area contributed by atoms with Crippen LogP contribution in [-0.4, -0.2) is 72.8 Å². The Bertz CT molecular complexity index is 740. The minimum atomic E-state index is 0.101. The average Bonchev–Trinajstić information content (AvgIpc) is 2.95. The molecule has 3 heterocycles. The molecule has 0 spiro atoms. The van der Waals surface area contributed by atoms with Crippen LogP contribution in [0.4, 0.5) is 5.69 Å². The van der Waals surface area contributed by atoms with Crippen LogP contribution in [0.1, 0.15) is 42.9 Å². The number of carbonyl (C=O) groups is 1. The molecule has 2 aliphatic heterocycles. The molecule has 0 bridgehead atoms. The summed E-state index contributed by atoms with van der Waals surface area (Å²) in [5.41, 5.74) is 7.83. The van der Waals surface area contributed by atoms with Crippen molar-refractivity contribution in [3.8, 4) is 0 Å². The van der Waals surface area contributed by atoms with Crippen LogP contribution >= 0.6 is 11.3 Å². The third kappa shape index (κ3) is 5.21. The summed E-state index contributed by atoms with van der Waals surface area (Å²) in [6.45, 7) is 11.1. The predicted octanol–water partition coefficient (Wildman–Crippen LogP) is 2.92. The molecule has 28 heavy (non-hydrogen) atoms. The Labute approximate surface area is 172 Å². The number of amidine groups is 1. The van der Waals surface area contributed by atoms with Gasteiger partial charge < -0.3 is 15.5 Å². The SMILES string of the molecule is CCCN(CCC)C(=O)C1=Cc2sc(CN3CCN(C)CC3)cc2N=C(N)C1. The van der Waals surface area contributed by atoms with Gasteiger partial charge in [0.1, 0.15) is 5.84 Å². The van der Waals surface area contributed by atoms with E-state index < -0.39 is 0 Å². The van der Waals surface area contributed by atoms with Crippen molar-refractivity contribution in [1.29, 1.82) is 0 Å². The zero-order chi connectivity index (χ0) is 20.1. The molecule has 0 atom stereocenters. The molecule has 2 aliphatic rings. The molecule has 1 amide bonds. The molecule has 6 nitrogen and oxygen atoms in total. The van der Waals surface area contributed by atoms with E-state index in [-0.39, 0.29) is 5.91 Å². The highest BCUT2D eigenvalue weighted by Gasteiger charge is 2.22. The van der Waals surface area contributed by atoms with E-state index in [9.17, 15) is 4.79 Å². The van der Waals surface area contributed by atoms with Gasteiger partial charge in [-0.05, 0) is 32.0 Å². The van der Waals surface area contributed by atoms with Crippen molar-refractivity contribution < 1.29 is 4.79 Å². The number of piperazine rings is 1. The van der Waals surface area contributed by atoms with Crippen molar-refractivity contribution in [3.05, 3.63) is 21.4 Å². The van der Waals surface area contributed by atoms with Crippen molar-refractivity contribution in [3.63, 3.8) is 0 Å². The molecule has 0 aromatic carbocycles. The molecule has 1 saturated heterocycles. The number of amides is 1. The van der Waals surface area contributed by atoms with Gasteiger partial charge in [-0.1, -0.05) is 13.8 Å². The van der Waals surface area contributed by atoms with Gasteiger partial charge >= 0.3 is 0 Å². The number of aliphatic imine (C=N–C) groups is 1. The molecule has 2 N–H and O–H groups in total. The van der Waals surface area contributed by atoms with Crippen LogP contribution in [0.2, 0.25) is 0 Å². The second-order valence-electron chi connectivity index (χ2n) is 7.78. The zero-order valence-corrected chi connectivity index (χ0v) is 18.2. The normalized spacial score (nSPS) is 18.2. The van der Waals surface area contributed by atoms with Gasteiger partial charge in [-0.2, -0.15) is 0 Å². The van der Waals surface area contributed by atoms with Crippen LogP contribution in [0.15, 0.2) is 16.6 Å². The first-order valence-electron chi connectivity index (χ1n) is 10.4. The van der Waals surface area contributed by atoms with Crippen LogP contribution in [0.5, 0.6) is 0 Å². The van der Waals surface area contributed by atoms with Crippen LogP contribution in [0, 0.1) is 0 Å². The molecule has 3 rings (SSSR count). The third-order valence-corrected chi connectivity index (χ3v) is 6.31. The average molecular weight is 404 g/mol. The maximum Gasteiger partial charge on any atom is 0.250 e. The first-order chi connectivity index (χ1) is 13.5. The van der Waals surface area contributed by atoms with Gasteiger partial charge in [0.25, 0.3) is 0 Å². The predicted molar refractivity (Wildman–Crippen MR) is 118 cm³/mol. The van der Waals surface area contributed by atoms with E-state index in [4.69, 9.17) is 5.73 Å². The maximum absolute atomic E-state index is 13.1. The van der Waals surface area contributed by atoms with Crippen molar-refractivity contribution in [2.75, 3.05) is 46.3 Å². The van der Waals surface area contributed by atoms with Crippen LogP contribution in [-0.2, 0) is 11.3 Å². The molecule has 1 aromatic rings. The molecule has 0 unspecified atom stereocenters. The topological polar surface area (TPSA) is 65.2 Å². The second-order valence-corrected chi connectivity index (χ2v) is 8.95. The fourth-order valence-electron chi connectivity index (χ4n) is 3.74. The zero-order valence-electron chi connectivity index (χ0n) is 17.4. The van der Waals surface area contributed by atoms with E-state index in [1.807, 2.05) is 11.0 Å². The number of fused-ring (bicyclic) bond motifs is 1. The maximum atomic E-state index is 13.1. The molecule has 0 radical (unpaired) electrons. The highest BCUT2D eigenvalue weighted by molar-refractivity contribution is 7.13. The smallest absolute Gasteiger partial charge is 0.250 e. The summed E-state index contributed by atoms with van der Waals surface area (Å²) in [6.07, 6.45) is 4.37. The van der Waals surface area contributed by atoms with Crippen LogP contribution in [0.3, 0.4) is 0 Å². The fraction of sp³-hybridized carbons (Fsp3) is 0.619. The standard InChI is InChI=1S/C21H33N5OS/c1-4-6-26(7-5-2)21(27)16-12-19-18(23-20(22)13-16)14-17(28-19)15-25-10-8-24(3)9-11-25/h12,14H,4-11,13,15H2,1-3H3,(H2,22,23). The molecular formula is C21H33N5OS. The Morgan fingerprint density at radius 2 is 1.89 bits per heavy atom. The van der Waals surface area contributed by atoms with E-state index in [0.717, 1.165) is 74.8 Å². The highest BCUT2D eigenvalue weighted by atomic mass is 32.1. The van der Waals surface area contributed by atoms with Gasteiger partial charge in [-0.25, -0.2) is 4.99 Å². The third-order valence-electron chi connectivity index (χ3n) is 5.26. The number of hydrogen-bond donors (Lipinski definition) is 1. The molecule has 7 heteroatoms. The summed E-state index contributed by atoms with van der Waals surface area (Å²) in [5, 5.41) is 0. The summed E-state index contributed by atoms with van der Waals surface area (Å²) < 4.78 is 0. The number of thiophene rings is 1. The van der Waals surface area contributed by atoms with Gasteiger partial charge in [0.05, 0.1) is 10.6 Å². The van der Waals surface area contributed by atoms with Crippen LogP contribution < -0.4 is 5.73 Å². The van der Waals surface area contributed by atoms with Crippen molar-refractivity contribution >= 4 is 34.8 Å². The van der Waals surface area contributed by atoms with E-state index in [0.29, 0.717) is 12.3 Å². The Morgan fingerprint density at radius 3 is 2.54 bits per heavy atom. The first kappa shape index (κ1) is 21.0. The number of likely N-dealkylation sites (N-methyl/N-ethyl adjacent to an activating group) is 1. The largest absolute Gasteiger partial charge is 0.387 e. The Balaban J connectivity index is 1.79. The number of carbonyl (C=O) groups excluding carboxylic acids is 1. The lowest BCUT2D eigenvalue weighted by molar-refractivity contribution is -0.127. The van der Waals surface area contributed by atoms with E-state index in [1.165, 1.54) is 4.88 Å². The fourth-order valence-corrected chi connectivity index (χ4v) is 4.85. The van der Waals surface area contributed by atoms with E-state index >= 15 is 0 Å². The lowest BCUT2D eigenvalue weighted by atomic mass is 10.1. The minimum absolute atomic E-state index is 0.101. The lowest BCUT2D eigenvalue weighted by Crippen LogP contribution is -2.43. The van der Waals surface area contributed by atoms with Gasteiger partial charge in [0.2, 0.25) is 5.91 Å². The van der Waals surface area contributed by atoms with Gasteiger partial charge in [0, 0.05) is 62.7 Å². The number of hydrogen-bond acceptors (Lipinski definition) is 6. The monoisotopic (exact) mass is 403 g/mol. The summed E-state index contributed by atoms with van der Waals surface area (Å²) in [4.78, 5) is 26.8. The van der Waals surface area contributed by atoms with Gasteiger partial charge in [-0.3, -0.25) is 9.69 Å². The molecule has 154 valence electrons. The first-order valence-corrected chi connectivity index (χ1v) is 11.2. The van der Waals surface area contributed by atoms with Crippen molar-refractivity contribution in [2.45, 2.75) is 39.7 Å². The summed E-state index contributed by atoms with van der Waals surface area (Å²) in [7, 11) is 2.17. The number of nitrogens with zero attached hydrogens (tertiary/aromatic N) is 4. The molecular weight excluding hydrogens is 370 g/mol.